The highest BCUT2D eigenvalue weighted by atomic mass is 32.2. The van der Waals surface area contributed by atoms with Gasteiger partial charge < -0.3 is 14.7 Å². The van der Waals surface area contributed by atoms with Crippen LogP contribution in [-0.4, -0.2) is 67.0 Å². The number of benzene rings is 1. The summed E-state index contributed by atoms with van der Waals surface area (Å²) in [5, 5.41) is 13.9. The first kappa shape index (κ1) is 23.4. The van der Waals surface area contributed by atoms with Crippen molar-refractivity contribution in [1.29, 1.82) is 0 Å². The number of hydrogen-bond acceptors (Lipinski definition) is 7. The molecule has 0 spiro atoms. The van der Waals surface area contributed by atoms with Crippen LogP contribution >= 0.6 is 11.3 Å². The van der Waals surface area contributed by atoms with Gasteiger partial charge in [0, 0.05) is 26.6 Å². The lowest BCUT2D eigenvalue weighted by atomic mass is 10.1. The van der Waals surface area contributed by atoms with Crippen molar-refractivity contribution in [3.05, 3.63) is 51.7 Å². The molecule has 2 heterocycles. The van der Waals surface area contributed by atoms with Crippen LogP contribution in [0.3, 0.4) is 0 Å². The SMILES string of the molecule is Cc1ccc(S(=O)(=O)N2C[C@@H](O)C[C@@H]2C(=O)OCC(=O)N(C)Cc2ccsc2)cc1C. The van der Waals surface area contributed by atoms with Crippen LogP contribution in [0, 0.1) is 13.8 Å². The Morgan fingerprint density at radius 1 is 1.26 bits per heavy atom. The van der Waals surface area contributed by atoms with Crippen molar-refractivity contribution in [2.75, 3.05) is 20.2 Å². The molecule has 0 radical (unpaired) electrons. The number of ether oxygens (including phenoxy) is 1. The largest absolute Gasteiger partial charge is 0.454 e. The highest BCUT2D eigenvalue weighted by Gasteiger charge is 2.44. The van der Waals surface area contributed by atoms with Gasteiger partial charge in [0.2, 0.25) is 10.0 Å². The molecule has 2 aromatic rings. The molecular weight excluding hydrogens is 440 g/mol. The summed E-state index contributed by atoms with van der Waals surface area (Å²) in [6, 6.07) is 5.44. The molecular formula is C21H26N2O6S2. The van der Waals surface area contributed by atoms with E-state index in [0.717, 1.165) is 21.0 Å². The van der Waals surface area contributed by atoms with E-state index in [4.69, 9.17) is 4.74 Å². The third-order valence-corrected chi connectivity index (χ3v) is 7.96. The number of rotatable bonds is 7. The maximum atomic E-state index is 13.1. The number of esters is 1. The zero-order valence-electron chi connectivity index (χ0n) is 17.6. The number of nitrogens with zero attached hydrogens (tertiary/aromatic N) is 2. The summed E-state index contributed by atoms with van der Waals surface area (Å²) >= 11 is 1.52. The van der Waals surface area contributed by atoms with Gasteiger partial charge in [0.1, 0.15) is 6.04 Å². The minimum absolute atomic E-state index is 0.0501. The highest BCUT2D eigenvalue weighted by Crippen LogP contribution is 2.28. The molecule has 10 heteroatoms. The Bertz CT molecular complexity index is 1050. The molecule has 1 aliphatic heterocycles. The maximum absolute atomic E-state index is 13.1. The molecule has 1 N–H and O–H groups in total. The van der Waals surface area contributed by atoms with E-state index in [0.29, 0.717) is 6.54 Å². The number of amides is 1. The predicted molar refractivity (Wildman–Crippen MR) is 116 cm³/mol. The molecule has 2 atom stereocenters. The number of sulfonamides is 1. The zero-order valence-corrected chi connectivity index (χ0v) is 19.3. The minimum atomic E-state index is -4.02. The van der Waals surface area contributed by atoms with Crippen molar-refractivity contribution in [3.8, 4) is 0 Å². The molecule has 0 saturated carbocycles. The summed E-state index contributed by atoms with van der Waals surface area (Å²) in [5.74, 6) is -1.25. The van der Waals surface area contributed by atoms with Crippen molar-refractivity contribution in [3.63, 3.8) is 0 Å². The summed E-state index contributed by atoms with van der Waals surface area (Å²) in [6.07, 6.45) is -1.07. The molecule has 168 valence electrons. The van der Waals surface area contributed by atoms with Crippen LogP contribution in [0.15, 0.2) is 39.9 Å². The molecule has 0 unspecified atom stereocenters. The van der Waals surface area contributed by atoms with E-state index in [1.54, 1.807) is 26.1 Å². The molecule has 1 aromatic carbocycles. The monoisotopic (exact) mass is 466 g/mol. The number of aliphatic hydroxyl groups is 1. The zero-order chi connectivity index (χ0) is 22.8. The molecule has 0 aliphatic carbocycles. The number of aliphatic hydroxyl groups excluding tert-OH is 1. The smallest absolute Gasteiger partial charge is 0.325 e. The molecule has 1 saturated heterocycles. The Morgan fingerprint density at radius 3 is 2.65 bits per heavy atom. The van der Waals surface area contributed by atoms with Crippen LogP contribution in [0.2, 0.25) is 0 Å². The van der Waals surface area contributed by atoms with Crippen molar-refractivity contribution >= 4 is 33.2 Å². The standard InChI is InChI=1S/C21H26N2O6S2/c1-14-4-5-18(8-15(14)2)31(27,28)23-11-17(24)9-19(23)21(26)29-12-20(25)22(3)10-16-6-7-30-13-16/h4-8,13,17,19,24H,9-12H2,1-3H3/t17-,19+/m0/s1. The normalized spacial score (nSPS) is 19.4. The van der Waals surface area contributed by atoms with E-state index < -0.39 is 40.7 Å². The average molecular weight is 467 g/mol. The summed E-state index contributed by atoms with van der Waals surface area (Å²) in [6.45, 7) is 3.36. The summed E-state index contributed by atoms with van der Waals surface area (Å²) in [7, 11) is -2.42. The van der Waals surface area contributed by atoms with Crippen molar-refractivity contribution in [2.24, 2.45) is 0 Å². The molecule has 0 bridgehead atoms. The molecule has 1 aromatic heterocycles. The molecule has 1 aliphatic rings. The van der Waals surface area contributed by atoms with Crippen LogP contribution in [0.5, 0.6) is 0 Å². The van der Waals surface area contributed by atoms with Crippen LogP contribution in [0.4, 0.5) is 0 Å². The second kappa shape index (κ2) is 9.47. The van der Waals surface area contributed by atoms with E-state index in [9.17, 15) is 23.1 Å². The second-order valence-corrected chi connectivity index (χ2v) is 10.4. The Balaban J connectivity index is 1.67. The molecule has 31 heavy (non-hydrogen) atoms. The molecule has 1 amide bonds. The average Bonchev–Trinajstić information content (AvgIpc) is 3.37. The predicted octanol–water partition coefficient (Wildman–Crippen LogP) is 1.69. The molecule has 8 nitrogen and oxygen atoms in total. The quantitative estimate of drug-likeness (QED) is 0.623. The van der Waals surface area contributed by atoms with Gasteiger partial charge in [0.05, 0.1) is 11.0 Å². The van der Waals surface area contributed by atoms with Gasteiger partial charge in [-0.2, -0.15) is 15.6 Å². The number of carbonyl (C=O) groups excluding carboxylic acids is 2. The van der Waals surface area contributed by atoms with E-state index in [1.165, 1.54) is 22.3 Å². The van der Waals surface area contributed by atoms with Gasteiger partial charge in [0.25, 0.3) is 5.91 Å². The van der Waals surface area contributed by atoms with Crippen LogP contribution in [-0.2, 0) is 30.9 Å². The van der Waals surface area contributed by atoms with Crippen LogP contribution < -0.4 is 0 Å². The first-order valence-electron chi connectivity index (χ1n) is 9.78. The van der Waals surface area contributed by atoms with Crippen LogP contribution in [0.25, 0.3) is 0 Å². The first-order valence-corrected chi connectivity index (χ1v) is 12.2. The van der Waals surface area contributed by atoms with E-state index in [1.807, 2.05) is 23.8 Å². The van der Waals surface area contributed by atoms with Crippen molar-refractivity contribution < 1.29 is 27.9 Å². The third-order valence-electron chi connectivity index (χ3n) is 5.35. The van der Waals surface area contributed by atoms with Crippen LogP contribution in [0.1, 0.15) is 23.1 Å². The van der Waals surface area contributed by atoms with Crippen molar-refractivity contribution in [1.82, 2.24) is 9.21 Å². The Kier molecular flexibility index (Phi) is 7.15. The number of carbonyl (C=O) groups is 2. The molecule has 1 fully saturated rings. The Hall–Kier alpha value is -2.27. The number of aryl methyl sites for hydroxylation is 2. The minimum Gasteiger partial charge on any atom is -0.454 e. The molecule has 3 rings (SSSR count). The number of β-amino-alcohol motifs (C(OH)–C–C–N with tert-alkyl or cyclic N) is 1. The summed E-state index contributed by atoms with van der Waals surface area (Å²) in [4.78, 5) is 26.4. The summed E-state index contributed by atoms with van der Waals surface area (Å²) in [5.41, 5.74) is 2.72. The first-order chi connectivity index (χ1) is 14.6. The van der Waals surface area contributed by atoms with Gasteiger partial charge in [0.15, 0.2) is 6.61 Å². The van der Waals surface area contributed by atoms with Gasteiger partial charge in [-0.05, 0) is 59.5 Å². The van der Waals surface area contributed by atoms with Gasteiger partial charge >= 0.3 is 5.97 Å². The fourth-order valence-electron chi connectivity index (χ4n) is 3.36. The van der Waals surface area contributed by atoms with Gasteiger partial charge in [-0.25, -0.2) is 8.42 Å². The number of likely N-dealkylation sites (N-methyl/N-ethyl adjacent to an activating group) is 1. The second-order valence-electron chi connectivity index (χ2n) is 7.72. The lowest BCUT2D eigenvalue weighted by Crippen LogP contribution is -2.42. The maximum Gasteiger partial charge on any atom is 0.325 e. The van der Waals surface area contributed by atoms with E-state index in [-0.39, 0.29) is 17.9 Å². The van der Waals surface area contributed by atoms with Gasteiger partial charge in [-0.15, -0.1) is 0 Å². The van der Waals surface area contributed by atoms with Gasteiger partial charge in [-0.3, -0.25) is 9.59 Å². The topological polar surface area (TPSA) is 104 Å². The fourth-order valence-corrected chi connectivity index (χ4v) is 5.73. The van der Waals surface area contributed by atoms with E-state index in [2.05, 4.69) is 0 Å². The summed E-state index contributed by atoms with van der Waals surface area (Å²) < 4.78 is 32.3. The Morgan fingerprint density at radius 2 is 2.00 bits per heavy atom. The van der Waals surface area contributed by atoms with Gasteiger partial charge in [-0.1, -0.05) is 6.07 Å². The number of hydrogen-bond donors (Lipinski definition) is 1. The lowest BCUT2D eigenvalue weighted by molar-refractivity contribution is -0.154. The lowest BCUT2D eigenvalue weighted by Gasteiger charge is -2.23. The highest BCUT2D eigenvalue weighted by molar-refractivity contribution is 7.89. The Labute approximate surface area is 186 Å². The number of thiophene rings is 1. The fraction of sp³-hybridized carbons (Fsp3) is 0.429. The van der Waals surface area contributed by atoms with E-state index >= 15 is 0 Å². The third kappa shape index (κ3) is 5.32. The van der Waals surface area contributed by atoms with Crippen molar-refractivity contribution in [2.45, 2.75) is 43.9 Å².